The fraction of sp³-hybridized carbons (Fsp3) is 0.333. The molecule has 2 aromatic rings. The van der Waals surface area contributed by atoms with Crippen molar-refractivity contribution in [3.63, 3.8) is 0 Å². The van der Waals surface area contributed by atoms with Crippen LogP contribution in [-0.4, -0.2) is 14.4 Å². The molecule has 1 atom stereocenters. The van der Waals surface area contributed by atoms with Crippen LogP contribution in [0.5, 0.6) is 0 Å². The van der Waals surface area contributed by atoms with Crippen LogP contribution in [0, 0.1) is 13.8 Å². The molecule has 2 N–H and O–H groups in total. The maximum absolute atomic E-state index is 5.72. The Morgan fingerprint density at radius 2 is 2.19 bits per heavy atom. The highest BCUT2D eigenvalue weighted by molar-refractivity contribution is 7.80. The van der Waals surface area contributed by atoms with Crippen molar-refractivity contribution in [3.05, 3.63) is 35.3 Å². The third kappa shape index (κ3) is 1.59. The summed E-state index contributed by atoms with van der Waals surface area (Å²) in [6.07, 6.45) is 2.01. The van der Waals surface area contributed by atoms with E-state index in [1.165, 1.54) is 0 Å². The van der Waals surface area contributed by atoms with Gasteiger partial charge in [0.25, 0.3) is 0 Å². The van der Waals surface area contributed by atoms with Gasteiger partial charge in [-0.2, -0.15) is 0 Å². The average molecular weight is 233 g/mol. The fourth-order valence-electron chi connectivity index (χ4n) is 1.99. The summed E-state index contributed by atoms with van der Waals surface area (Å²) in [5, 5.41) is 0. The summed E-state index contributed by atoms with van der Waals surface area (Å²) in [6, 6.07) is 4.07. The van der Waals surface area contributed by atoms with Crippen molar-refractivity contribution in [2.24, 2.45) is 5.73 Å². The number of nitrogens with two attached hydrogens (primary N) is 1. The highest BCUT2D eigenvalue weighted by Gasteiger charge is 2.17. The lowest BCUT2D eigenvalue weighted by Gasteiger charge is -2.10. The zero-order valence-electron chi connectivity index (χ0n) is 9.69. The normalized spacial score (nSPS) is 12.9. The van der Waals surface area contributed by atoms with Crippen molar-refractivity contribution in [1.82, 2.24) is 9.38 Å². The minimum Gasteiger partial charge on any atom is -0.393 e. The molecule has 2 heterocycles. The van der Waals surface area contributed by atoms with E-state index in [1.807, 2.05) is 26.1 Å². The molecule has 0 saturated heterocycles. The van der Waals surface area contributed by atoms with Gasteiger partial charge in [0.1, 0.15) is 5.65 Å². The molecule has 0 saturated carbocycles. The predicted molar refractivity (Wildman–Crippen MR) is 69.9 cm³/mol. The second-order valence-electron chi connectivity index (χ2n) is 4.09. The maximum atomic E-state index is 5.72. The van der Waals surface area contributed by atoms with Gasteiger partial charge in [-0.05, 0) is 25.5 Å². The number of rotatable bonds is 2. The van der Waals surface area contributed by atoms with Crippen LogP contribution >= 0.6 is 12.2 Å². The summed E-state index contributed by atoms with van der Waals surface area (Å²) in [6.45, 7) is 6.06. The number of fused-ring (bicyclic) bond motifs is 1. The summed E-state index contributed by atoms with van der Waals surface area (Å²) in [7, 11) is 0. The zero-order chi connectivity index (χ0) is 11.9. The first-order chi connectivity index (χ1) is 7.52. The van der Waals surface area contributed by atoms with Crippen LogP contribution in [0.15, 0.2) is 18.3 Å². The third-order valence-corrected chi connectivity index (χ3v) is 3.26. The first kappa shape index (κ1) is 11.1. The van der Waals surface area contributed by atoms with Gasteiger partial charge in [-0.1, -0.05) is 25.2 Å². The van der Waals surface area contributed by atoms with Crippen molar-refractivity contribution in [2.45, 2.75) is 26.7 Å². The van der Waals surface area contributed by atoms with E-state index in [4.69, 9.17) is 18.0 Å². The number of nitrogens with zero attached hydrogens (tertiary/aromatic N) is 2. The summed E-state index contributed by atoms with van der Waals surface area (Å²) < 4.78 is 2.08. The van der Waals surface area contributed by atoms with E-state index in [-0.39, 0.29) is 5.92 Å². The lowest BCUT2D eigenvalue weighted by Crippen LogP contribution is -2.18. The molecule has 0 amide bonds. The minimum atomic E-state index is 0.0480. The van der Waals surface area contributed by atoms with Gasteiger partial charge in [-0.15, -0.1) is 0 Å². The summed E-state index contributed by atoms with van der Waals surface area (Å²) in [5.41, 5.74) is 9.94. The quantitative estimate of drug-likeness (QED) is 0.810. The largest absolute Gasteiger partial charge is 0.393 e. The molecule has 2 aromatic heterocycles. The van der Waals surface area contributed by atoms with E-state index < -0.39 is 0 Å². The molecule has 0 spiro atoms. The van der Waals surface area contributed by atoms with Crippen molar-refractivity contribution < 1.29 is 0 Å². The first-order valence-electron chi connectivity index (χ1n) is 5.26. The van der Waals surface area contributed by atoms with Crippen molar-refractivity contribution in [1.29, 1.82) is 0 Å². The molecule has 84 valence electrons. The molecule has 4 heteroatoms. The van der Waals surface area contributed by atoms with Crippen molar-refractivity contribution in [2.75, 3.05) is 0 Å². The number of pyridine rings is 1. The third-order valence-electron chi connectivity index (χ3n) is 2.90. The Labute approximate surface area is 100 Å². The van der Waals surface area contributed by atoms with Crippen LogP contribution in [0.4, 0.5) is 0 Å². The molecular formula is C12H15N3S. The van der Waals surface area contributed by atoms with Crippen LogP contribution in [0.25, 0.3) is 5.65 Å². The highest BCUT2D eigenvalue weighted by atomic mass is 32.1. The Hall–Kier alpha value is -1.42. The molecule has 0 aliphatic carbocycles. The molecule has 0 aliphatic rings. The Morgan fingerprint density at radius 3 is 2.81 bits per heavy atom. The summed E-state index contributed by atoms with van der Waals surface area (Å²) in [5.74, 6) is 0.0480. The molecule has 0 fully saturated rings. The second kappa shape index (κ2) is 3.87. The molecule has 1 unspecified atom stereocenters. The van der Waals surface area contributed by atoms with Crippen molar-refractivity contribution in [3.8, 4) is 0 Å². The molecular weight excluding hydrogens is 218 g/mol. The fourth-order valence-corrected chi connectivity index (χ4v) is 2.10. The molecule has 0 radical (unpaired) electrons. The van der Waals surface area contributed by atoms with Crippen LogP contribution in [0.1, 0.15) is 29.8 Å². The second-order valence-corrected chi connectivity index (χ2v) is 4.56. The van der Waals surface area contributed by atoms with E-state index in [2.05, 4.69) is 22.4 Å². The zero-order valence-corrected chi connectivity index (χ0v) is 10.5. The monoisotopic (exact) mass is 233 g/mol. The van der Waals surface area contributed by atoms with Gasteiger partial charge in [-0.3, -0.25) is 0 Å². The van der Waals surface area contributed by atoms with E-state index in [9.17, 15) is 0 Å². The number of hydrogen-bond donors (Lipinski definition) is 1. The smallest absolute Gasteiger partial charge is 0.140 e. The van der Waals surface area contributed by atoms with Gasteiger partial charge in [0.15, 0.2) is 0 Å². The molecule has 3 nitrogen and oxygen atoms in total. The molecule has 0 aliphatic heterocycles. The molecule has 2 rings (SSSR count). The minimum absolute atomic E-state index is 0.0480. The number of hydrogen-bond acceptors (Lipinski definition) is 2. The number of aryl methyl sites for hydroxylation is 2. The molecule has 0 aromatic carbocycles. The summed E-state index contributed by atoms with van der Waals surface area (Å²) in [4.78, 5) is 5.07. The number of thiocarbonyl (C=S) groups is 1. The number of imidazole rings is 1. The van der Waals surface area contributed by atoms with Crippen LogP contribution in [0.3, 0.4) is 0 Å². The lowest BCUT2D eigenvalue weighted by molar-refractivity contribution is 0.911. The number of aromatic nitrogens is 2. The van der Waals surface area contributed by atoms with Gasteiger partial charge in [0.2, 0.25) is 0 Å². The highest BCUT2D eigenvalue weighted by Crippen LogP contribution is 2.22. The average Bonchev–Trinajstić information content (AvgIpc) is 2.55. The van der Waals surface area contributed by atoms with Crippen LogP contribution in [0.2, 0.25) is 0 Å². The van der Waals surface area contributed by atoms with E-state index >= 15 is 0 Å². The van der Waals surface area contributed by atoms with E-state index in [0.717, 1.165) is 22.6 Å². The lowest BCUT2D eigenvalue weighted by atomic mass is 10.1. The predicted octanol–water partition coefficient (Wildman–Crippen LogP) is 2.34. The summed E-state index contributed by atoms with van der Waals surface area (Å²) >= 11 is 5.06. The Bertz CT molecular complexity index is 557. The van der Waals surface area contributed by atoms with Crippen molar-refractivity contribution >= 4 is 22.9 Å². The SMILES string of the molecule is Cc1nc2c(C)cccn2c1C(C)C(N)=S. The van der Waals surface area contributed by atoms with Gasteiger partial charge in [0, 0.05) is 12.1 Å². The van der Waals surface area contributed by atoms with Gasteiger partial charge in [-0.25, -0.2) is 4.98 Å². The van der Waals surface area contributed by atoms with Gasteiger partial charge < -0.3 is 10.1 Å². The van der Waals surface area contributed by atoms with E-state index in [1.54, 1.807) is 0 Å². The Balaban J connectivity index is 2.74. The Morgan fingerprint density at radius 1 is 1.50 bits per heavy atom. The van der Waals surface area contributed by atoms with Gasteiger partial charge in [0.05, 0.1) is 16.4 Å². The van der Waals surface area contributed by atoms with E-state index in [0.29, 0.717) is 4.99 Å². The standard InChI is InChI=1S/C12H15N3S/c1-7-5-4-6-15-10(8(2)11(13)16)9(3)14-12(7)15/h4-6,8H,1-3H3,(H2,13,16). The Kier molecular flexibility index (Phi) is 2.68. The van der Waals surface area contributed by atoms with Crippen LogP contribution in [-0.2, 0) is 0 Å². The topological polar surface area (TPSA) is 43.3 Å². The molecule has 0 bridgehead atoms. The molecule has 16 heavy (non-hydrogen) atoms. The first-order valence-corrected chi connectivity index (χ1v) is 5.66. The van der Waals surface area contributed by atoms with Gasteiger partial charge >= 0.3 is 0 Å². The maximum Gasteiger partial charge on any atom is 0.140 e. The van der Waals surface area contributed by atoms with Crippen LogP contribution < -0.4 is 5.73 Å².